The third-order valence-corrected chi connectivity index (χ3v) is 5.49. The monoisotopic (exact) mass is 319 g/mol. The Morgan fingerprint density at radius 1 is 1.55 bits per heavy atom. The van der Waals surface area contributed by atoms with Crippen molar-refractivity contribution in [3.8, 4) is 0 Å². The molecule has 5 nitrogen and oxygen atoms in total. The van der Waals surface area contributed by atoms with Gasteiger partial charge in [0, 0.05) is 19.6 Å². The van der Waals surface area contributed by atoms with E-state index in [9.17, 15) is 13.5 Å². The molecule has 1 aliphatic rings. The molecule has 1 aromatic carbocycles. The predicted octanol–water partition coefficient (Wildman–Crippen LogP) is 1.47. The van der Waals surface area contributed by atoms with E-state index in [0.717, 1.165) is 5.56 Å². The standard InChI is InChI=1S/C13H18ClNO4S/c1-9-3-4-12(11(14)7-9)20(17,18)15-8-13(16)5-6-19-10(13)2/h3-4,7,10,15-16H,5-6,8H2,1-2H3. The number of hydrogen-bond acceptors (Lipinski definition) is 4. The van der Waals surface area contributed by atoms with Crippen molar-refractivity contribution < 1.29 is 18.3 Å². The van der Waals surface area contributed by atoms with Crippen LogP contribution in [-0.2, 0) is 14.8 Å². The molecule has 2 N–H and O–H groups in total. The number of sulfonamides is 1. The fraction of sp³-hybridized carbons (Fsp3) is 0.538. The second kappa shape index (κ2) is 5.61. The van der Waals surface area contributed by atoms with E-state index in [4.69, 9.17) is 16.3 Å². The highest BCUT2D eigenvalue weighted by Gasteiger charge is 2.40. The molecule has 0 aliphatic carbocycles. The van der Waals surface area contributed by atoms with Gasteiger partial charge < -0.3 is 9.84 Å². The number of aryl methyl sites for hydroxylation is 1. The second-order valence-corrected chi connectivity index (χ2v) is 7.27. The van der Waals surface area contributed by atoms with Crippen molar-refractivity contribution in [1.29, 1.82) is 0 Å². The van der Waals surface area contributed by atoms with E-state index in [2.05, 4.69) is 4.72 Å². The highest BCUT2D eigenvalue weighted by Crippen LogP contribution is 2.26. The van der Waals surface area contributed by atoms with Crippen LogP contribution in [0.15, 0.2) is 23.1 Å². The van der Waals surface area contributed by atoms with E-state index in [-0.39, 0.29) is 16.5 Å². The first kappa shape index (κ1) is 15.7. The van der Waals surface area contributed by atoms with Gasteiger partial charge in [-0.05, 0) is 31.5 Å². The average Bonchev–Trinajstić information content (AvgIpc) is 2.68. The molecule has 0 amide bonds. The van der Waals surface area contributed by atoms with Crippen molar-refractivity contribution in [1.82, 2.24) is 4.72 Å². The van der Waals surface area contributed by atoms with Crippen molar-refractivity contribution in [2.24, 2.45) is 0 Å². The van der Waals surface area contributed by atoms with E-state index in [1.54, 1.807) is 19.1 Å². The maximum Gasteiger partial charge on any atom is 0.242 e. The smallest absolute Gasteiger partial charge is 0.242 e. The summed E-state index contributed by atoms with van der Waals surface area (Å²) in [4.78, 5) is 0.0138. The quantitative estimate of drug-likeness (QED) is 0.881. The molecule has 1 fully saturated rings. The number of rotatable bonds is 4. The Morgan fingerprint density at radius 2 is 2.25 bits per heavy atom. The largest absolute Gasteiger partial charge is 0.386 e. The summed E-state index contributed by atoms with van der Waals surface area (Å²) >= 11 is 5.97. The highest BCUT2D eigenvalue weighted by molar-refractivity contribution is 7.89. The van der Waals surface area contributed by atoms with Gasteiger partial charge in [0.2, 0.25) is 10.0 Å². The van der Waals surface area contributed by atoms with E-state index < -0.39 is 21.7 Å². The van der Waals surface area contributed by atoms with Crippen LogP contribution in [-0.4, -0.2) is 38.4 Å². The van der Waals surface area contributed by atoms with E-state index in [1.165, 1.54) is 6.07 Å². The van der Waals surface area contributed by atoms with Gasteiger partial charge in [-0.2, -0.15) is 0 Å². The lowest BCUT2D eigenvalue weighted by atomic mass is 9.97. The van der Waals surface area contributed by atoms with Gasteiger partial charge in [0.05, 0.1) is 11.1 Å². The van der Waals surface area contributed by atoms with Gasteiger partial charge >= 0.3 is 0 Å². The van der Waals surface area contributed by atoms with Crippen LogP contribution in [0.3, 0.4) is 0 Å². The summed E-state index contributed by atoms with van der Waals surface area (Å²) in [6.45, 7) is 3.88. The van der Waals surface area contributed by atoms with Crippen LogP contribution in [0.4, 0.5) is 0 Å². The Balaban J connectivity index is 2.15. The van der Waals surface area contributed by atoms with E-state index in [0.29, 0.717) is 13.0 Å². The molecule has 1 aromatic rings. The summed E-state index contributed by atoms with van der Waals surface area (Å²) in [6, 6.07) is 4.72. The molecule has 1 saturated heterocycles. The molecule has 2 unspecified atom stereocenters. The van der Waals surface area contributed by atoms with Crippen molar-refractivity contribution in [3.63, 3.8) is 0 Å². The summed E-state index contributed by atoms with van der Waals surface area (Å²) in [7, 11) is -3.75. The number of halogens is 1. The van der Waals surface area contributed by atoms with Crippen LogP contribution >= 0.6 is 11.6 Å². The molecule has 1 heterocycles. The Kier molecular flexibility index (Phi) is 4.41. The molecule has 112 valence electrons. The molecule has 0 aromatic heterocycles. The minimum absolute atomic E-state index is 0.0138. The maximum absolute atomic E-state index is 12.2. The Hall–Kier alpha value is -0.660. The lowest BCUT2D eigenvalue weighted by Crippen LogP contribution is -2.47. The molecular weight excluding hydrogens is 302 g/mol. The van der Waals surface area contributed by atoms with Crippen molar-refractivity contribution in [2.45, 2.75) is 36.9 Å². The lowest BCUT2D eigenvalue weighted by molar-refractivity contribution is -0.0228. The predicted molar refractivity (Wildman–Crippen MR) is 76.4 cm³/mol. The van der Waals surface area contributed by atoms with Gasteiger partial charge in [0.15, 0.2) is 0 Å². The zero-order valence-electron chi connectivity index (χ0n) is 11.4. The summed E-state index contributed by atoms with van der Waals surface area (Å²) in [5.74, 6) is 0. The normalized spacial score (nSPS) is 26.9. The minimum Gasteiger partial charge on any atom is -0.386 e. The number of hydrogen-bond donors (Lipinski definition) is 2. The first-order valence-corrected chi connectivity index (χ1v) is 8.20. The Labute approximate surface area is 124 Å². The molecule has 2 atom stereocenters. The SMILES string of the molecule is Cc1ccc(S(=O)(=O)NCC2(O)CCOC2C)c(Cl)c1. The Morgan fingerprint density at radius 3 is 2.80 bits per heavy atom. The van der Waals surface area contributed by atoms with Gasteiger partial charge in [-0.25, -0.2) is 13.1 Å². The van der Waals surface area contributed by atoms with Crippen LogP contribution in [0.25, 0.3) is 0 Å². The number of nitrogens with one attached hydrogen (secondary N) is 1. The molecule has 1 aliphatic heterocycles. The first-order valence-electron chi connectivity index (χ1n) is 6.34. The summed E-state index contributed by atoms with van der Waals surface area (Å²) < 4.78 is 32.1. The van der Waals surface area contributed by atoms with Crippen molar-refractivity contribution in [3.05, 3.63) is 28.8 Å². The van der Waals surface area contributed by atoms with Gasteiger partial charge in [0.1, 0.15) is 10.5 Å². The molecule has 0 radical (unpaired) electrons. The van der Waals surface area contributed by atoms with Crippen molar-refractivity contribution in [2.75, 3.05) is 13.2 Å². The average molecular weight is 320 g/mol. The maximum atomic E-state index is 12.2. The molecule has 0 spiro atoms. The topological polar surface area (TPSA) is 75.6 Å². The van der Waals surface area contributed by atoms with Crippen LogP contribution in [0.1, 0.15) is 18.9 Å². The molecular formula is C13H18ClNO4S. The zero-order chi connectivity index (χ0) is 15.0. The first-order chi connectivity index (χ1) is 9.24. The van der Waals surface area contributed by atoms with E-state index in [1.807, 2.05) is 6.92 Å². The summed E-state index contributed by atoms with van der Waals surface area (Å²) in [5, 5.41) is 10.5. The summed E-state index contributed by atoms with van der Waals surface area (Å²) in [6.07, 6.45) is -0.00288. The van der Waals surface area contributed by atoms with Crippen molar-refractivity contribution >= 4 is 21.6 Å². The molecule has 20 heavy (non-hydrogen) atoms. The number of benzene rings is 1. The van der Waals surface area contributed by atoms with Gasteiger partial charge in [-0.3, -0.25) is 0 Å². The zero-order valence-corrected chi connectivity index (χ0v) is 13.0. The number of aliphatic hydroxyl groups is 1. The van der Waals surface area contributed by atoms with Gasteiger partial charge in [-0.1, -0.05) is 17.7 Å². The second-order valence-electron chi connectivity index (χ2n) is 5.13. The number of ether oxygens (including phenoxy) is 1. The van der Waals surface area contributed by atoms with Crippen LogP contribution < -0.4 is 4.72 Å². The third-order valence-electron chi connectivity index (χ3n) is 3.60. The van der Waals surface area contributed by atoms with Gasteiger partial charge in [-0.15, -0.1) is 0 Å². The van der Waals surface area contributed by atoms with Crippen LogP contribution in [0, 0.1) is 6.92 Å². The molecule has 7 heteroatoms. The molecule has 0 bridgehead atoms. The lowest BCUT2D eigenvalue weighted by Gasteiger charge is -2.26. The summed E-state index contributed by atoms with van der Waals surface area (Å²) in [5.41, 5.74) is -0.296. The Bertz CT molecular complexity index is 604. The van der Waals surface area contributed by atoms with Crippen LogP contribution in [0.2, 0.25) is 5.02 Å². The van der Waals surface area contributed by atoms with Crippen LogP contribution in [0.5, 0.6) is 0 Å². The van der Waals surface area contributed by atoms with Gasteiger partial charge in [0.25, 0.3) is 0 Å². The highest BCUT2D eigenvalue weighted by atomic mass is 35.5. The molecule has 0 saturated carbocycles. The van der Waals surface area contributed by atoms with E-state index >= 15 is 0 Å². The fourth-order valence-corrected chi connectivity index (χ4v) is 3.82. The minimum atomic E-state index is -3.75. The third kappa shape index (κ3) is 3.15. The fourth-order valence-electron chi connectivity index (χ4n) is 2.12. The molecule has 2 rings (SSSR count).